The van der Waals surface area contributed by atoms with Crippen molar-refractivity contribution in [3.05, 3.63) is 17.0 Å². The molecule has 0 aliphatic carbocycles. The van der Waals surface area contributed by atoms with Gasteiger partial charge >= 0.3 is 0 Å². The first-order chi connectivity index (χ1) is 9.06. The predicted octanol–water partition coefficient (Wildman–Crippen LogP) is 1.09. The fraction of sp³-hybridized carbons (Fsp3) is 0.692. The van der Waals surface area contributed by atoms with Crippen LogP contribution in [0.4, 0.5) is 0 Å². The van der Waals surface area contributed by atoms with Crippen LogP contribution in [0.5, 0.6) is 0 Å². The summed E-state index contributed by atoms with van der Waals surface area (Å²) >= 11 is 0. The summed E-state index contributed by atoms with van der Waals surface area (Å²) in [6.45, 7) is 7.33. The van der Waals surface area contributed by atoms with E-state index in [1.54, 1.807) is 7.11 Å². The highest BCUT2D eigenvalue weighted by molar-refractivity contribution is 5.78. The zero-order valence-electron chi connectivity index (χ0n) is 12.1. The van der Waals surface area contributed by atoms with E-state index in [2.05, 4.69) is 15.8 Å². The lowest BCUT2D eigenvalue weighted by molar-refractivity contribution is -0.120. The Morgan fingerprint density at radius 1 is 1.47 bits per heavy atom. The van der Waals surface area contributed by atoms with Gasteiger partial charge in [-0.1, -0.05) is 5.16 Å². The standard InChI is InChI=1S/C13H23N3O3/c1-9(13-10(2)16-19-11(13)3)15-8-12(17)14-6-5-7-18-4/h9,15H,5-8H2,1-4H3,(H,14,17). The van der Waals surface area contributed by atoms with Crippen LogP contribution in [0.1, 0.15) is 36.4 Å². The largest absolute Gasteiger partial charge is 0.385 e. The Morgan fingerprint density at radius 2 is 2.21 bits per heavy atom. The maximum Gasteiger partial charge on any atom is 0.233 e. The second kappa shape index (κ2) is 7.91. The lowest BCUT2D eigenvalue weighted by Crippen LogP contribution is -2.36. The maximum atomic E-state index is 11.6. The quantitative estimate of drug-likeness (QED) is 0.691. The van der Waals surface area contributed by atoms with Gasteiger partial charge in [0.05, 0.1) is 12.2 Å². The molecule has 0 saturated carbocycles. The molecule has 0 aromatic carbocycles. The highest BCUT2D eigenvalue weighted by Gasteiger charge is 2.16. The molecule has 0 aliphatic heterocycles. The molecule has 1 amide bonds. The molecule has 1 unspecified atom stereocenters. The topological polar surface area (TPSA) is 76.4 Å². The fourth-order valence-electron chi connectivity index (χ4n) is 1.96. The van der Waals surface area contributed by atoms with E-state index in [0.29, 0.717) is 13.2 Å². The van der Waals surface area contributed by atoms with E-state index in [4.69, 9.17) is 9.26 Å². The molecule has 0 radical (unpaired) electrons. The molecule has 1 rings (SSSR count). The van der Waals surface area contributed by atoms with Crippen molar-refractivity contribution in [2.24, 2.45) is 0 Å². The first-order valence-corrected chi connectivity index (χ1v) is 6.48. The number of hydrogen-bond acceptors (Lipinski definition) is 5. The summed E-state index contributed by atoms with van der Waals surface area (Å²) in [5, 5.41) is 9.90. The van der Waals surface area contributed by atoms with Gasteiger partial charge < -0.3 is 19.9 Å². The molecular formula is C13H23N3O3. The molecule has 0 fully saturated rings. The number of carbonyl (C=O) groups is 1. The van der Waals surface area contributed by atoms with Crippen LogP contribution in [0, 0.1) is 13.8 Å². The number of rotatable bonds is 8. The average molecular weight is 269 g/mol. The van der Waals surface area contributed by atoms with Crippen LogP contribution in [-0.4, -0.2) is 37.9 Å². The van der Waals surface area contributed by atoms with Gasteiger partial charge in [0.2, 0.25) is 5.91 Å². The molecule has 0 bridgehead atoms. The zero-order chi connectivity index (χ0) is 14.3. The predicted molar refractivity (Wildman–Crippen MR) is 71.9 cm³/mol. The molecule has 1 atom stereocenters. The number of aryl methyl sites for hydroxylation is 2. The van der Waals surface area contributed by atoms with Crippen molar-refractivity contribution >= 4 is 5.91 Å². The summed E-state index contributed by atoms with van der Waals surface area (Å²) in [5.41, 5.74) is 1.88. The van der Waals surface area contributed by atoms with E-state index in [1.807, 2.05) is 20.8 Å². The van der Waals surface area contributed by atoms with Crippen molar-refractivity contribution in [1.29, 1.82) is 0 Å². The van der Waals surface area contributed by atoms with Crippen molar-refractivity contribution in [1.82, 2.24) is 15.8 Å². The first-order valence-electron chi connectivity index (χ1n) is 6.48. The minimum Gasteiger partial charge on any atom is -0.385 e. The number of nitrogens with zero attached hydrogens (tertiary/aromatic N) is 1. The van der Waals surface area contributed by atoms with Crippen LogP contribution < -0.4 is 10.6 Å². The van der Waals surface area contributed by atoms with E-state index >= 15 is 0 Å². The third-order valence-electron chi connectivity index (χ3n) is 2.94. The Bertz CT molecular complexity index is 384. The fourth-order valence-corrected chi connectivity index (χ4v) is 1.96. The van der Waals surface area contributed by atoms with Gasteiger partial charge in [0.15, 0.2) is 0 Å². The molecule has 19 heavy (non-hydrogen) atoms. The van der Waals surface area contributed by atoms with Crippen LogP contribution in [0.2, 0.25) is 0 Å². The third kappa shape index (κ3) is 5.00. The number of amides is 1. The number of carbonyl (C=O) groups excluding carboxylic acids is 1. The minimum atomic E-state index is -0.0188. The number of methoxy groups -OCH3 is 1. The minimum absolute atomic E-state index is 0.0188. The summed E-state index contributed by atoms with van der Waals surface area (Å²) in [6, 6.07) is 0.0379. The first kappa shape index (κ1) is 15.7. The van der Waals surface area contributed by atoms with E-state index in [0.717, 1.165) is 23.4 Å². The Hall–Kier alpha value is -1.40. The van der Waals surface area contributed by atoms with Gasteiger partial charge in [-0.2, -0.15) is 0 Å². The van der Waals surface area contributed by atoms with Crippen LogP contribution >= 0.6 is 0 Å². The van der Waals surface area contributed by atoms with Gasteiger partial charge in [-0.05, 0) is 27.2 Å². The molecule has 0 saturated heterocycles. The molecule has 1 aromatic rings. The molecule has 2 N–H and O–H groups in total. The van der Waals surface area contributed by atoms with E-state index in [9.17, 15) is 4.79 Å². The Morgan fingerprint density at radius 3 is 2.79 bits per heavy atom. The average Bonchev–Trinajstić information content (AvgIpc) is 2.71. The lowest BCUT2D eigenvalue weighted by atomic mass is 10.1. The van der Waals surface area contributed by atoms with Crippen LogP contribution in [0.15, 0.2) is 4.52 Å². The Kier molecular flexibility index (Phi) is 6.52. The normalized spacial score (nSPS) is 12.4. The van der Waals surface area contributed by atoms with E-state index < -0.39 is 0 Å². The SMILES string of the molecule is COCCCNC(=O)CNC(C)c1c(C)noc1C. The van der Waals surface area contributed by atoms with Crippen molar-refractivity contribution in [2.45, 2.75) is 33.2 Å². The summed E-state index contributed by atoms with van der Waals surface area (Å²) in [4.78, 5) is 11.6. The Balaban J connectivity index is 2.30. The van der Waals surface area contributed by atoms with Gasteiger partial charge in [-0.3, -0.25) is 4.79 Å². The summed E-state index contributed by atoms with van der Waals surface area (Å²) in [7, 11) is 1.65. The van der Waals surface area contributed by atoms with Crippen LogP contribution in [0.3, 0.4) is 0 Å². The van der Waals surface area contributed by atoms with Crippen molar-refractivity contribution in [3.8, 4) is 0 Å². The van der Waals surface area contributed by atoms with Gasteiger partial charge in [-0.25, -0.2) is 0 Å². The molecule has 1 heterocycles. The third-order valence-corrected chi connectivity index (χ3v) is 2.94. The number of hydrogen-bond donors (Lipinski definition) is 2. The molecular weight excluding hydrogens is 246 g/mol. The van der Waals surface area contributed by atoms with Crippen molar-refractivity contribution in [3.63, 3.8) is 0 Å². The van der Waals surface area contributed by atoms with E-state index in [1.165, 1.54) is 0 Å². The maximum absolute atomic E-state index is 11.6. The second-order valence-electron chi connectivity index (χ2n) is 4.54. The van der Waals surface area contributed by atoms with Crippen LogP contribution in [-0.2, 0) is 9.53 Å². The number of ether oxygens (including phenoxy) is 1. The molecule has 108 valence electrons. The Labute approximate surface area is 113 Å². The van der Waals surface area contributed by atoms with Crippen molar-refractivity contribution < 1.29 is 14.1 Å². The van der Waals surface area contributed by atoms with Gasteiger partial charge in [0, 0.05) is 31.9 Å². The molecule has 0 spiro atoms. The summed E-state index contributed by atoms with van der Waals surface area (Å²) in [6.07, 6.45) is 0.821. The second-order valence-corrected chi connectivity index (χ2v) is 4.54. The summed E-state index contributed by atoms with van der Waals surface area (Å²) < 4.78 is 10.0. The summed E-state index contributed by atoms with van der Waals surface area (Å²) in [5.74, 6) is 0.771. The number of nitrogens with one attached hydrogen (secondary N) is 2. The monoisotopic (exact) mass is 269 g/mol. The molecule has 1 aromatic heterocycles. The zero-order valence-corrected chi connectivity index (χ0v) is 12.1. The smallest absolute Gasteiger partial charge is 0.233 e. The number of aromatic nitrogens is 1. The lowest BCUT2D eigenvalue weighted by Gasteiger charge is -2.13. The van der Waals surface area contributed by atoms with Gasteiger partial charge in [-0.15, -0.1) is 0 Å². The highest BCUT2D eigenvalue weighted by atomic mass is 16.5. The van der Waals surface area contributed by atoms with Crippen molar-refractivity contribution in [2.75, 3.05) is 26.8 Å². The van der Waals surface area contributed by atoms with Gasteiger partial charge in [0.1, 0.15) is 5.76 Å². The molecule has 6 nitrogen and oxygen atoms in total. The highest BCUT2D eigenvalue weighted by Crippen LogP contribution is 2.20. The van der Waals surface area contributed by atoms with Crippen LogP contribution in [0.25, 0.3) is 0 Å². The molecule has 0 aliphatic rings. The molecule has 6 heteroatoms. The van der Waals surface area contributed by atoms with Gasteiger partial charge in [0.25, 0.3) is 0 Å². The van der Waals surface area contributed by atoms with E-state index in [-0.39, 0.29) is 18.5 Å².